The lowest BCUT2D eigenvalue weighted by molar-refractivity contribution is 0.0670. The van der Waals surface area contributed by atoms with E-state index in [1.807, 2.05) is 42.7 Å². The van der Waals surface area contributed by atoms with Gasteiger partial charge in [-0.1, -0.05) is 24.3 Å². The molecule has 1 aliphatic heterocycles. The number of benzene rings is 2. The van der Waals surface area contributed by atoms with Crippen molar-refractivity contribution < 1.29 is 14.3 Å². The summed E-state index contributed by atoms with van der Waals surface area (Å²) in [5.74, 6) is 0.495. The number of para-hydroxylation sites is 3. The van der Waals surface area contributed by atoms with Gasteiger partial charge >= 0.3 is 0 Å². The average Bonchev–Trinajstić information content (AvgIpc) is 3.40. The van der Waals surface area contributed by atoms with E-state index in [0.29, 0.717) is 24.5 Å². The number of aromatic nitrogens is 2. The lowest BCUT2D eigenvalue weighted by Crippen LogP contribution is -2.26. The number of nitrogens with one attached hydrogen (secondary N) is 1. The van der Waals surface area contributed by atoms with E-state index in [1.54, 1.807) is 6.07 Å². The number of ether oxygens (including phenoxy) is 2. The molecule has 28 heavy (non-hydrogen) atoms. The monoisotopic (exact) mass is 379 g/mol. The summed E-state index contributed by atoms with van der Waals surface area (Å²) in [4.78, 5) is 17.0. The molecule has 0 saturated carbocycles. The summed E-state index contributed by atoms with van der Waals surface area (Å²) in [6, 6.07) is 15.4. The minimum atomic E-state index is -0.113. The number of carbonyl (C=O) groups is 1. The Bertz CT molecular complexity index is 931. The molecule has 1 fully saturated rings. The molecule has 0 spiro atoms. The number of imidazole rings is 1. The van der Waals surface area contributed by atoms with Gasteiger partial charge in [0, 0.05) is 19.7 Å². The van der Waals surface area contributed by atoms with Crippen molar-refractivity contribution >= 4 is 16.9 Å². The number of carbonyl (C=O) groups excluding carboxylic acids is 1. The van der Waals surface area contributed by atoms with Gasteiger partial charge in [0.25, 0.3) is 5.91 Å². The van der Waals surface area contributed by atoms with Crippen molar-refractivity contribution in [3.8, 4) is 5.75 Å². The number of aryl methyl sites for hydroxylation is 1. The highest BCUT2D eigenvalue weighted by Gasteiger charge is 2.18. The van der Waals surface area contributed by atoms with Gasteiger partial charge in [0.15, 0.2) is 0 Å². The molecule has 1 aromatic heterocycles. The third-order valence-electron chi connectivity index (χ3n) is 4.97. The van der Waals surface area contributed by atoms with Crippen LogP contribution in [0.15, 0.2) is 54.9 Å². The minimum Gasteiger partial charge on any atom is -0.490 e. The van der Waals surface area contributed by atoms with Crippen molar-refractivity contribution in [1.29, 1.82) is 0 Å². The maximum atomic E-state index is 12.6. The molecule has 6 nitrogen and oxygen atoms in total. The van der Waals surface area contributed by atoms with Gasteiger partial charge in [-0.05, 0) is 43.5 Å². The first-order chi connectivity index (χ1) is 13.8. The van der Waals surface area contributed by atoms with Crippen molar-refractivity contribution in [2.75, 3.05) is 19.8 Å². The Hall–Kier alpha value is -2.86. The van der Waals surface area contributed by atoms with E-state index >= 15 is 0 Å². The van der Waals surface area contributed by atoms with E-state index in [2.05, 4.69) is 20.9 Å². The van der Waals surface area contributed by atoms with Crippen LogP contribution in [0.4, 0.5) is 0 Å². The number of rotatable bonds is 8. The van der Waals surface area contributed by atoms with E-state index in [-0.39, 0.29) is 12.0 Å². The first kappa shape index (κ1) is 18.5. The van der Waals surface area contributed by atoms with Gasteiger partial charge < -0.3 is 19.4 Å². The fraction of sp³-hybridized carbons (Fsp3) is 0.364. The molecule has 1 N–H and O–H groups in total. The molecule has 2 aromatic carbocycles. The van der Waals surface area contributed by atoms with Crippen molar-refractivity contribution in [2.45, 2.75) is 31.9 Å². The zero-order chi connectivity index (χ0) is 19.2. The van der Waals surface area contributed by atoms with Crippen LogP contribution in [0.5, 0.6) is 5.75 Å². The molecule has 1 atom stereocenters. The molecule has 0 radical (unpaired) electrons. The Morgan fingerprint density at radius 1 is 1.21 bits per heavy atom. The molecule has 2 heterocycles. The number of hydrogen-bond donors (Lipinski definition) is 1. The average molecular weight is 379 g/mol. The lowest BCUT2D eigenvalue weighted by atomic mass is 10.2. The van der Waals surface area contributed by atoms with Crippen LogP contribution < -0.4 is 10.1 Å². The van der Waals surface area contributed by atoms with Gasteiger partial charge in [-0.2, -0.15) is 0 Å². The minimum absolute atomic E-state index is 0.113. The van der Waals surface area contributed by atoms with Gasteiger partial charge in [-0.15, -0.1) is 0 Å². The van der Waals surface area contributed by atoms with Crippen LogP contribution in [-0.2, 0) is 11.3 Å². The zero-order valence-corrected chi connectivity index (χ0v) is 15.8. The van der Waals surface area contributed by atoms with Crippen LogP contribution in [0.25, 0.3) is 11.0 Å². The summed E-state index contributed by atoms with van der Waals surface area (Å²) in [7, 11) is 0. The highest BCUT2D eigenvalue weighted by Crippen LogP contribution is 2.20. The molecule has 4 rings (SSSR count). The van der Waals surface area contributed by atoms with E-state index in [4.69, 9.17) is 9.47 Å². The molecule has 3 aromatic rings. The molecule has 1 saturated heterocycles. The molecule has 0 aliphatic carbocycles. The molecule has 1 aliphatic rings. The SMILES string of the molecule is O=C(NCCCn1cnc2ccccc21)c1ccccc1OCC1CCCO1. The quantitative estimate of drug-likeness (QED) is 0.609. The second kappa shape index (κ2) is 8.89. The summed E-state index contributed by atoms with van der Waals surface area (Å²) < 4.78 is 13.6. The Kier molecular flexibility index (Phi) is 5.87. The van der Waals surface area contributed by atoms with Crippen LogP contribution in [-0.4, -0.2) is 41.3 Å². The third kappa shape index (κ3) is 4.34. The smallest absolute Gasteiger partial charge is 0.255 e. The summed E-state index contributed by atoms with van der Waals surface area (Å²) in [6.45, 7) is 2.67. The first-order valence-corrected chi connectivity index (χ1v) is 9.83. The van der Waals surface area contributed by atoms with E-state index in [0.717, 1.165) is 43.4 Å². The summed E-state index contributed by atoms with van der Waals surface area (Å²) in [5, 5.41) is 2.99. The van der Waals surface area contributed by atoms with Gasteiger partial charge in [0.2, 0.25) is 0 Å². The summed E-state index contributed by atoms with van der Waals surface area (Å²) in [6.07, 6.45) is 4.88. The Balaban J connectivity index is 1.29. The van der Waals surface area contributed by atoms with Crippen LogP contribution in [0, 0.1) is 0 Å². The van der Waals surface area contributed by atoms with Gasteiger partial charge in [-0.3, -0.25) is 4.79 Å². The standard InChI is InChI=1S/C22H25N3O3/c26-22(18-8-1-4-11-21(18)28-15-17-7-5-14-27-17)23-12-6-13-25-16-24-19-9-2-3-10-20(19)25/h1-4,8-11,16-17H,5-7,12-15H2,(H,23,26). The van der Waals surface area contributed by atoms with Crippen molar-refractivity contribution in [3.63, 3.8) is 0 Å². The Morgan fingerprint density at radius 3 is 2.96 bits per heavy atom. The van der Waals surface area contributed by atoms with Crippen LogP contribution in [0.2, 0.25) is 0 Å². The fourth-order valence-electron chi connectivity index (χ4n) is 3.47. The van der Waals surface area contributed by atoms with Crippen molar-refractivity contribution in [2.24, 2.45) is 0 Å². The normalized spacial score (nSPS) is 16.4. The van der Waals surface area contributed by atoms with E-state index in [9.17, 15) is 4.79 Å². The molecular weight excluding hydrogens is 354 g/mol. The predicted octanol–water partition coefficient (Wildman–Crippen LogP) is 3.41. The number of nitrogens with zero attached hydrogens (tertiary/aromatic N) is 2. The van der Waals surface area contributed by atoms with Gasteiger partial charge in [-0.25, -0.2) is 4.98 Å². The summed E-state index contributed by atoms with van der Waals surface area (Å²) in [5.41, 5.74) is 2.67. The van der Waals surface area contributed by atoms with E-state index in [1.165, 1.54) is 0 Å². The Morgan fingerprint density at radius 2 is 2.07 bits per heavy atom. The third-order valence-corrected chi connectivity index (χ3v) is 4.97. The van der Waals surface area contributed by atoms with Crippen molar-refractivity contribution in [3.05, 3.63) is 60.4 Å². The lowest BCUT2D eigenvalue weighted by Gasteiger charge is -2.14. The second-order valence-corrected chi connectivity index (χ2v) is 6.98. The molecule has 1 unspecified atom stereocenters. The molecular formula is C22H25N3O3. The highest BCUT2D eigenvalue weighted by atomic mass is 16.5. The van der Waals surface area contributed by atoms with Gasteiger partial charge in [0.05, 0.1) is 29.0 Å². The molecule has 6 heteroatoms. The maximum Gasteiger partial charge on any atom is 0.255 e. The number of hydrogen-bond acceptors (Lipinski definition) is 4. The van der Waals surface area contributed by atoms with Crippen LogP contribution >= 0.6 is 0 Å². The van der Waals surface area contributed by atoms with Crippen LogP contribution in [0.1, 0.15) is 29.6 Å². The second-order valence-electron chi connectivity index (χ2n) is 6.98. The summed E-state index contributed by atoms with van der Waals surface area (Å²) >= 11 is 0. The highest BCUT2D eigenvalue weighted by molar-refractivity contribution is 5.96. The maximum absolute atomic E-state index is 12.6. The number of amides is 1. The molecule has 0 bridgehead atoms. The molecule has 146 valence electrons. The Labute approximate surface area is 164 Å². The number of fused-ring (bicyclic) bond motifs is 1. The zero-order valence-electron chi connectivity index (χ0n) is 15.8. The molecule has 1 amide bonds. The first-order valence-electron chi connectivity index (χ1n) is 9.83. The van der Waals surface area contributed by atoms with Crippen molar-refractivity contribution in [1.82, 2.24) is 14.9 Å². The fourth-order valence-corrected chi connectivity index (χ4v) is 3.47. The largest absolute Gasteiger partial charge is 0.490 e. The van der Waals surface area contributed by atoms with E-state index < -0.39 is 0 Å². The predicted molar refractivity (Wildman–Crippen MR) is 108 cm³/mol. The topological polar surface area (TPSA) is 65.4 Å². The van der Waals surface area contributed by atoms with Crippen LogP contribution in [0.3, 0.4) is 0 Å². The van der Waals surface area contributed by atoms with Gasteiger partial charge in [0.1, 0.15) is 12.4 Å².